The predicted octanol–water partition coefficient (Wildman–Crippen LogP) is 3.55. The molecule has 1 N–H and O–H groups in total. The van der Waals surface area contributed by atoms with E-state index >= 15 is 0 Å². The van der Waals surface area contributed by atoms with E-state index in [2.05, 4.69) is 61.6 Å². The zero-order valence-electron chi connectivity index (χ0n) is 12.1. The van der Waals surface area contributed by atoms with Crippen LogP contribution in [0.15, 0.2) is 24.3 Å². The summed E-state index contributed by atoms with van der Waals surface area (Å²) in [5.74, 6) is 1.17. The normalized spacial score (nSPS) is 12.4. The van der Waals surface area contributed by atoms with Gasteiger partial charge < -0.3 is 10.2 Å². The fraction of sp³-hybridized carbons (Fsp3) is 0.600. The molecule has 0 fully saturated rings. The largest absolute Gasteiger partial charge is 0.374 e. The molecule has 0 bridgehead atoms. The molecule has 1 unspecified atom stereocenters. The summed E-state index contributed by atoms with van der Waals surface area (Å²) in [7, 11) is 2.16. The van der Waals surface area contributed by atoms with Crippen LogP contribution in [0.2, 0.25) is 0 Å². The third-order valence-corrected chi connectivity index (χ3v) is 3.76. The van der Waals surface area contributed by atoms with Crippen molar-refractivity contribution in [2.24, 2.45) is 0 Å². The Morgan fingerprint density at radius 1 is 1.28 bits per heavy atom. The van der Waals surface area contributed by atoms with Gasteiger partial charge >= 0.3 is 0 Å². The first kappa shape index (κ1) is 15.4. The van der Waals surface area contributed by atoms with Crippen molar-refractivity contribution >= 4 is 17.4 Å². The van der Waals surface area contributed by atoms with E-state index in [0.717, 1.165) is 13.1 Å². The second-order valence-electron chi connectivity index (χ2n) is 4.68. The van der Waals surface area contributed by atoms with Gasteiger partial charge in [-0.2, -0.15) is 11.8 Å². The van der Waals surface area contributed by atoms with Crippen molar-refractivity contribution in [2.45, 2.75) is 26.3 Å². The van der Waals surface area contributed by atoms with Crippen molar-refractivity contribution in [1.29, 1.82) is 0 Å². The Hall–Kier alpha value is -0.670. The van der Waals surface area contributed by atoms with Crippen molar-refractivity contribution in [3.05, 3.63) is 29.8 Å². The average molecular weight is 266 g/mol. The third-order valence-electron chi connectivity index (χ3n) is 3.17. The Kier molecular flexibility index (Phi) is 7.21. The second-order valence-corrected chi connectivity index (χ2v) is 5.67. The monoisotopic (exact) mass is 266 g/mol. The second kappa shape index (κ2) is 8.44. The summed E-state index contributed by atoms with van der Waals surface area (Å²) in [4.78, 5) is 2.31. The molecule has 0 spiro atoms. The first-order valence-electron chi connectivity index (χ1n) is 6.72. The molecular weight excluding hydrogens is 240 g/mol. The highest BCUT2D eigenvalue weighted by Gasteiger charge is 2.05. The molecule has 0 amide bonds. The topological polar surface area (TPSA) is 15.3 Å². The van der Waals surface area contributed by atoms with Crippen molar-refractivity contribution in [3.8, 4) is 0 Å². The summed E-state index contributed by atoms with van der Waals surface area (Å²) >= 11 is 1.89. The lowest BCUT2D eigenvalue weighted by Crippen LogP contribution is -2.21. The summed E-state index contributed by atoms with van der Waals surface area (Å²) in [6, 6.07) is 9.35. The zero-order valence-corrected chi connectivity index (χ0v) is 12.9. The quantitative estimate of drug-likeness (QED) is 0.774. The number of nitrogens with zero attached hydrogens (tertiary/aromatic N) is 1. The van der Waals surface area contributed by atoms with E-state index in [9.17, 15) is 0 Å². The molecule has 1 aromatic rings. The Morgan fingerprint density at radius 3 is 2.50 bits per heavy atom. The van der Waals surface area contributed by atoms with E-state index in [4.69, 9.17) is 0 Å². The lowest BCUT2D eigenvalue weighted by Gasteiger charge is -2.20. The molecule has 0 aliphatic heterocycles. The SMILES string of the molecule is CCCNC(C)c1ccc(N(C)CCSC)cc1. The molecule has 0 saturated carbocycles. The standard InChI is InChI=1S/C15H26N2S/c1-5-10-16-13(2)14-6-8-15(9-7-14)17(3)11-12-18-4/h6-9,13,16H,5,10-12H2,1-4H3. The van der Waals surface area contributed by atoms with Gasteiger partial charge in [0.05, 0.1) is 0 Å². The van der Waals surface area contributed by atoms with Gasteiger partial charge in [0.15, 0.2) is 0 Å². The van der Waals surface area contributed by atoms with Crippen LogP contribution in [0.25, 0.3) is 0 Å². The first-order chi connectivity index (χ1) is 8.69. The number of nitrogens with one attached hydrogen (secondary N) is 1. The van der Waals surface area contributed by atoms with Crippen molar-refractivity contribution in [1.82, 2.24) is 5.32 Å². The molecule has 0 radical (unpaired) electrons. The van der Waals surface area contributed by atoms with Crippen LogP contribution in [0.4, 0.5) is 5.69 Å². The average Bonchev–Trinajstić information content (AvgIpc) is 2.42. The highest BCUT2D eigenvalue weighted by atomic mass is 32.2. The first-order valence-corrected chi connectivity index (χ1v) is 8.11. The minimum absolute atomic E-state index is 0.440. The molecule has 3 heteroatoms. The maximum absolute atomic E-state index is 3.51. The zero-order chi connectivity index (χ0) is 13.4. The molecule has 1 aromatic carbocycles. The number of rotatable bonds is 8. The molecule has 1 rings (SSSR count). The minimum atomic E-state index is 0.440. The highest BCUT2D eigenvalue weighted by molar-refractivity contribution is 7.98. The fourth-order valence-electron chi connectivity index (χ4n) is 1.85. The van der Waals surface area contributed by atoms with Gasteiger partial charge in [-0.15, -0.1) is 0 Å². The van der Waals surface area contributed by atoms with Crippen LogP contribution in [0.5, 0.6) is 0 Å². The Morgan fingerprint density at radius 2 is 1.94 bits per heavy atom. The minimum Gasteiger partial charge on any atom is -0.374 e. The van der Waals surface area contributed by atoms with Gasteiger partial charge in [-0.1, -0.05) is 19.1 Å². The Balaban J connectivity index is 2.56. The van der Waals surface area contributed by atoms with Crippen molar-refractivity contribution in [2.75, 3.05) is 37.0 Å². The Bertz CT molecular complexity index is 291. The van der Waals surface area contributed by atoms with Gasteiger partial charge in [-0.05, 0) is 43.8 Å². The smallest absolute Gasteiger partial charge is 0.0364 e. The van der Waals surface area contributed by atoms with Crippen LogP contribution in [0.3, 0.4) is 0 Å². The van der Waals surface area contributed by atoms with Crippen molar-refractivity contribution < 1.29 is 0 Å². The van der Waals surface area contributed by atoms with Gasteiger partial charge in [0.2, 0.25) is 0 Å². The molecule has 0 aliphatic carbocycles. The van der Waals surface area contributed by atoms with Gasteiger partial charge in [0.25, 0.3) is 0 Å². The summed E-state index contributed by atoms with van der Waals surface area (Å²) in [5.41, 5.74) is 2.67. The van der Waals surface area contributed by atoms with Crippen LogP contribution in [0.1, 0.15) is 31.9 Å². The number of hydrogen-bond acceptors (Lipinski definition) is 3. The van der Waals surface area contributed by atoms with Gasteiger partial charge in [0, 0.05) is 31.1 Å². The van der Waals surface area contributed by atoms with Crippen LogP contribution < -0.4 is 10.2 Å². The van der Waals surface area contributed by atoms with E-state index in [1.165, 1.54) is 23.4 Å². The third kappa shape index (κ3) is 4.91. The van der Waals surface area contributed by atoms with E-state index in [1.807, 2.05) is 11.8 Å². The summed E-state index contributed by atoms with van der Waals surface area (Å²) in [5, 5.41) is 3.51. The number of hydrogen-bond donors (Lipinski definition) is 1. The van der Waals surface area contributed by atoms with Crippen LogP contribution >= 0.6 is 11.8 Å². The van der Waals surface area contributed by atoms with Crippen molar-refractivity contribution in [3.63, 3.8) is 0 Å². The molecule has 0 heterocycles. The van der Waals surface area contributed by atoms with Gasteiger partial charge in [-0.3, -0.25) is 0 Å². The lowest BCUT2D eigenvalue weighted by molar-refractivity contribution is 0.571. The molecule has 0 saturated heterocycles. The number of thioether (sulfide) groups is 1. The van der Waals surface area contributed by atoms with Gasteiger partial charge in [-0.25, -0.2) is 0 Å². The van der Waals surface area contributed by atoms with Crippen LogP contribution in [-0.4, -0.2) is 32.1 Å². The molecule has 2 nitrogen and oxygen atoms in total. The number of benzene rings is 1. The van der Waals surface area contributed by atoms with E-state index in [-0.39, 0.29) is 0 Å². The molecule has 18 heavy (non-hydrogen) atoms. The lowest BCUT2D eigenvalue weighted by atomic mass is 10.1. The summed E-state index contributed by atoms with van der Waals surface area (Å²) < 4.78 is 0. The molecule has 102 valence electrons. The maximum Gasteiger partial charge on any atom is 0.0364 e. The van der Waals surface area contributed by atoms with E-state index < -0.39 is 0 Å². The van der Waals surface area contributed by atoms with Gasteiger partial charge in [0.1, 0.15) is 0 Å². The predicted molar refractivity (Wildman–Crippen MR) is 84.8 cm³/mol. The van der Waals surface area contributed by atoms with E-state index in [1.54, 1.807) is 0 Å². The summed E-state index contributed by atoms with van der Waals surface area (Å²) in [6.07, 6.45) is 3.33. The fourth-order valence-corrected chi connectivity index (χ4v) is 2.31. The Labute approximate surface area is 116 Å². The molecular formula is C15H26N2S. The van der Waals surface area contributed by atoms with Crippen LogP contribution in [-0.2, 0) is 0 Å². The van der Waals surface area contributed by atoms with E-state index in [0.29, 0.717) is 6.04 Å². The summed E-state index contributed by atoms with van der Waals surface area (Å²) in [6.45, 7) is 6.60. The highest BCUT2D eigenvalue weighted by Crippen LogP contribution is 2.18. The molecule has 0 aliphatic rings. The number of anilines is 1. The molecule has 1 atom stereocenters. The molecule has 0 aromatic heterocycles. The maximum atomic E-state index is 3.51. The van der Waals surface area contributed by atoms with Crippen LogP contribution in [0, 0.1) is 0 Å².